The number of anilines is 1. The van der Waals surface area contributed by atoms with Crippen LogP contribution in [-0.2, 0) is 0 Å². The van der Waals surface area contributed by atoms with Gasteiger partial charge in [0.25, 0.3) is 5.91 Å². The molecule has 2 aromatic rings. The monoisotopic (exact) mass is 386 g/mol. The fourth-order valence-corrected chi connectivity index (χ4v) is 2.37. The number of hydrogen-bond donors (Lipinski definition) is 2. The number of carbonyl (C=O) groups is 1. The van der Waals surface area contributed by atoms with E-state index >= 15 is 0 Å². The van der Waals surface area contributed by atoms with Crippen molar-refractivity contribution in [2.75, 3.05) is 5.32 Å². The zero-order valence-corrected chi connectivity index (χ0v) is 13.7. The highest BCUT2D eigenvalue weighted by molar-refractivity contribution is 9.10. The molecule has 0 heterocycles. The molecule has 0 saturated heterocycles. The van der Waals surface area contributed by atoms with Gasteiger partial charge in [0.15, 0.2) is 0 Å². The van der Waals surface area contributed by atoms with Crippen molar-refractivity contribution in [3.63, 3.8) is 0 Å². The molecule has 0 aliphatic heterocycles. The van der Waals surface area contributed by atoms with E-state index in [1.54, 1.807) is 18.2 Å². The van der Waals surface area contributed by atoms with Gasteiger partial charge in [-0.2, -0.15) is 0 Å². The van der Waals surface area contributed by atoms with Gasteiger partial charge in [-0.15, -0.1) is 0 Å². The largest absolute Gasteiger partial charge is 0.389 e. The smallest absolute Gasteiger partial charge is 0.255 e. The highest BCUT2D eigenvalue weighted by Crippen LogP contribution is 2.22. The molecule has 0 aliphatic carbocycles. The topological polar surface area (TPSA) is 55.1 Å². The number of benzene rings is 2. The summed E-state index contributed by atoms with van der Waals surface area (Å²) in [6, 6.07) is 8.85. The number of nitrogens with one attached hydrogen (secondary N) is 1. The minimum atomic E-state index is -0.583. The van der Waals surface area contributed by atoms with Crippen LogP contribution in [0.5, 0.6) is 0 Å². The first kappa shape index (κ1) is 15.9. The molecule has 0 aliphatic rings. The zero-order chi connectivity index (χ0) is 15.6. The first-order valence-electron chi connectivity index (χ1n) is 5.74. The van der Waals surface area contributed by atoms with Crippen LogP contribution in [0, 0.1) is 5.82 Å². The van der Waals surface area contributed by atoms with E-state index in [0.29, 0.717) is 11.3 Å². The summed E-state index contributed by atoms with van der Waals surface area (Å²) >= 11 is 13.9. The standard InChI is InChI=1S/C14H9BrClFN2OS/c15-8-2-4-12(9(6-8)13(18)21)19-14(20)7-1-3-11(17)10(16)5-7/h1-6H,(H2,18,21)(H,19,20). The van der Waals surface area contributed by atoms with Crippen LogP contribution in [0.4, 0.5) is 10.1 Å². The van der Waals surface area contributed by atoms with Crippen molar-refractivity contribution in [3.05, 3.63) is 62.8 Å². The van der Waals surface area contributed by atoms with Crippen LogP contribution in [0.2, 0.25) is 5.02 Å². The molecule has 0 radical (unpaired) electrons. The van der Waals surface area contributed by atoms with E-state index in [2.05, 4.69) is 21.2 Å². The third-order valence-corrected chi connectivity index (χ3v) is 3.68. The Morgan fingerprint density at radius 3 is 2.62 bits per heavy atom. The van der Waals surface area contributed by atoms with Crippen molar-refractivity contribution < 1.29 is 9.18 Å². The Hall–Kier alpha value is -1.50. The summed E-state index contributed by atoms with van der Waals surface area (Å²) in [5.41, 5.74) is 6.86. The fourth-order valence-electron chi connectivity index (χ4n) is 1.66. The third-order valence-electron chi connectivity index (χ3n) is 2.68. The summed E-state index contributed by atoms with van der Waals surface area (Å²) in [6.45, 7) is 0. The summed E-state index contributed by atoms with van der Waals surface area (Å²) in [5, 5.41) is 2.56. The molecule has 0 atom stereocenters. The Morgan fingerprint density at radius 2 is 2.00 bits per heavy atom. The average Bonchev–Trinajstić information content (AvgIpc) is 2.43. The predicted molar refractivity (Wildman–Crippen MR) is 89.4 cm³/mol. The summed E-state index contributed by atoms with van der Waals surface area (Å²) in [4.78, 5) is 12.3. The Balaban J connectivity index is 2.31. The van der Waals surface area contributed by atoms with Gasteiger partial charge in [-0.3, -0.25) is 4.79 Å². The number of rotatable bonds is 3. The number of amides is 1. The molecule has 0 saturated carbocycles. The lowest BCUT2D eigenvalue weighted by molar-refractivity contribution is 0.102. The quantitative estimate of drug-likeness (QED) is 0.779. The zero-order valence-electron chi connectivity index (χ0n) is 10.5. The van der Waals surface area contributed by atoms with Crippen LogP contribution in [0.25, 0.3) is 0 Å². The Morgan fingerprint density at radius 1 is 1.29 bits per heavy atom. The molecule has 21 heavy (non-hydrogen) atoms. The number of thiocarbonyl (C=S) groups is 1. The molecule has 3 N–H and O–H groups in total. The van der Waals surface area contributed by atoms with Gasteiger partial charge in [-0.05, 0) is 36.4 Å². The van der Waals surface area contributed by atoms with Crippen molar-refractivity contribution in [2.45, 2.75) is 0 Å². The maximum Gasteiger partial charge on any atom is 0.255 e. The highest BCUT2D eigenvalue weighted by Gasteiger charge is 2.12. The molecule has 1 amide bonds. The Labute approximate surface area is 139 Å². The second-order valence-corrected chi connectivity index (χ2v) is 5.90. The molecule has 0 fully saturated rings. The lowest BCUT2D eigenvalue weighted by Gasteiger charge is -2.11. The van der Waals surface area contributed by atoms with Gasteiger partial charge in [0.1, 0.15) is 10.8 Å². The first-order chi connectivity index (χ1) is 9.88. The number of halogens is 3. The summed E-state index contributed by atoms with van der Waals surface area (Å²) in [7, 11) is 0. The van der Waals surface area contributed by atoms with E-state index < -0.39 is 11.7 Å². The van der Waals surface area contributed by atoms with Crippen LogP contribution in [0.3, 0.4) is 0 Å². The molecule has 2 rings (SSSR count). The fraction of sp³-hybridized carbons (Fsp3) is 0. The second kappa shape index (κ2) is 6.51. The van der Waals surface area contributed by atoms with E-state index in [1.807, 2.05) is 0 Å². The molecule has 3 nitrogen and oxygen atoms in total. The number of hydrogen-bond acceptors (Lipinski definition) is 2. The minimum absolute atomic E-state index is 0.118. The normalized spacial score (nSPS) is 10.2. The van der Waals surface area contributed by atoms with Gasteiger partial charge in [0.2, 0.25) is 0 Å². The molecule has 0 spiro atoms. The van der Waals surface area contributed by atoms with Gasteiger partial charge < -0.3 is 11.1 Å². The molecule has 108 valence electrons. The van der Waals surface area contributed by atoms with Gasteiger partial charge >= 0.3 is 0 Å². The van der Waals surface area contributed by atoms with Crippen molar-refractivity contribution in [1.29, 1.82) is 0 Å². The maximum atomic E-state index is 13.1. The van der Waals surface area contributed by atoms with Crippen molar-refractivity contribution >= 4 is 56.3 Å². The highest BCUT2D eigenvalue weighted by atomic mass is 79.9. The maximum absolute atomic E-state index is 13.1. The van der Waals surface area contributed by atoms with Gasteiger partial charge in [0.05, 0.1) is 10.7 Å². The summed E-state index contributed by atoms with van der Waals surface area (Å²) in [6.07, 6.45) is 0. The molecule has 0 bridgehead atoms. The molecular formula is C14H9BrClFN2OS. The van der Waals surface area contributed by atoms with Crippen molar-refractivity contribution in [3.8, 4) is 0 Å². The number of carbonyl (C=O) groups excluding carboxylic acids is 1. The van der Waals surface area contributed by atoms with Crippen LogP contribution in [0.15, 0.2) is 40.9 Å². The molecular weight excluding hydrogens is 379 g/mol. The van der Waals surface area contributed by atoms with E-state index in [4.69, 9.17) is 29.6 Å². The van der Waals surface area contributed by atoms with Crippen molar-refractivity contribution in [1.82, 2.24) is 0 Å². The van der Waals surface area contributed by atoms with Crippen LogP contribution in [-0.4, -0.2) is 10.9 Å². The summed E-state index contributed by atoms with van der Waals surface area (Å²) in [5.74, 6) is -1.02. The van der Waals surface area contributed by atoms with E-state index in [1.165, 1.54) is 12.1 Å². The minimum Gasteiger partial charge on any atom is -0.389 e. The van der Waals surface area contributed by atoms with Gasteiger partial charge in [0, 0.05) is 15.6 Å². The lowest BCUT2D eigenvalue weighted by atomic mass is 10.1. The van der Waals surface area contributed by atoms with Crippen molar-refractivity contribution in [2.24, 2.45) is 5.73 Å². The van der Waals surface area contributed by atoms with Crippen LogP contribution < -0.4 is 11.1 Å². The molecule has 2 aromatic carbocycles. The van der Waals surface area contributed by atoms with E-state index in [9.17, 15) is 9.18 Å². The van der Waals surface area contributed by atoms with Crippen LogP contribution >= 0.6 is 39.7 Å². The molecule has 0 unspecified atom stereocenters. The molecule has 0 aromatic heterocycles. The SMILES string of the molecule is NC(=S)c1cc(Br)ccc1NC(=O)c1ccc(F)c(Cl)c1. The Kier molecular flexibility index (Phi) is 4.92. The van der Waals surface area contributed by atoms with E-state index in [0.717, 1.165) is 10.5 Å². The first-order valence-corrected chi connectivity index (χ1v) is 7.32. The van der Waals surface area contributed by atoms with Gasteiger partial charge in [-0.25, -0.2) is 4.39 Å². The van der Waals surface area contributed by atoms with E-state index in [-0.39, 0.29) is 15.6 Å². The third kappa shape index (κ3) is 3.78. The predicted octanol–water partition coefficient (Wildman–Crippen LogP) is 4.13. The lowest BCUT2D eigenvalue weighted by Crippen LogP contribution is -2.17. The van der Waals surface area contributed by atoms with Gasteiger partial charge in [-0.1, -0.05) is 39.7 Å². The second-order valence-electron chi connectivity index (χ2n) is 4.14. The molecule has 7 heteroatoms. The summed E-state index contributed by atoms with van der Waals surface area (Å²) < 4.78 is 13.9. The Bertz CT molecular complexity index is 739. The number of nitrogens with two attached hydrogens (primary N) is 1. The average molecular weight is 388 g/mol. The van der Waals surface area contributed by atoms with Crippen LogP contribution in [0.1, 0.15) is 15.9 Å².